The number of nitrogens with zero attached hydrogens (tertiary/aromatic N) is 3. The van der Waals surface area contributed by atoms with Crippen molar-refractivity contribution >= 4 is 5.91 Å². The second kappa shape index (κ2) is 8.50. The van der Waals surface area contributed by atoms with Gasteiger partial charge in [-0.3, -0.25) is 9.78 Å². The van der Waals surface area contributed by atoms with E-state index in [9.17, 15) is 4.79 Å². The van der Waals surface area contributed by atoms with Gasteiger partial charge < -0.3 is 9.80 Å². The molecule has 0 radical (unpaired) electrons. The zero-order valence-corrected chi connectivity index (χ0v) is 18.0. The maximum absolute atomic E-state index is 12.9. The van der Waals surface area contributed by atoms with E-state index < -0.39 is 0 Å². The van der Waals surface area contributed by atoms with E-state index >= 15 is 0 Å². The Hall–Kier alpha value is -2.20. The summed E-state index contributed by atoms with van der Waals surface area (Å²) in [5.74, 6) is 1.98. The minimum Gasteiger partial charge on any atom is -0.338 e. The number of hydrogen-bond donors (Lipinski definition) is 0. The molecule has 1 aromatic carbocycles. The van der Waals surface area contributed by atoms with Crippen LogP contribution in [0.1, 0.15) is 60.0 Å². The van der Waals surface area contributed by atoms with E-state index in [0.717, 1.165) is 25.6 Å². The van der Waals surface area contributed by atoms with E-state index in [1.54, 1.807) is 12.4 Å². The first kappa shape index (κ1) is 19.7. The first-order valence-electron chi connectivity index (χ1n) is 11.7. The molecule has 4 heteroatoms. The fourth-order valence-corrected chi connectivity index (χ4v) is 6.05. The summed E-state index contributed by atoms with van der Waals surface area (Å²) in [5.41, 5.74) is 3.63. The highest BCUT2D eigenvalue weighted by atomic mass is 16.2. The number of rotatable bonds is 5. The third-order valence-electron chi connectivity index (χ3n) is 7.84. The molecular formula is C26H33N3O. The summed E-state index contributed by atoms with van der Waals surface area (Å²) in [6, 6.07) is 13.9. The SMILES string of the molecule is CC1CCCN1CCc1ccc(C2CCC3CN(C(=O)c4cccnc4)CC32)cc1. The van der Waals surface area contributed by atoms with Gasteiger partial charge in [0.15, 0.2) is 0 Å². The molecule has 0 spiro atoms. The maximum Gasteiger partial charge on any atom is 0.255 e. The molecule has 1 amide bonds. The van der Waals surface area contributed by atoms with Crippen molar-refractivity contribution in [1.29, 1.82) is 0 Å². The Labute approximate surface area is 180 Å². The molecule has 1 saturated carbocycles. The molecule has 30 heavy (non-hydrogen) atoms. The third kappa shape index (κ3) is 3.90. The molecule has 1 aromatic heterocycles. The summed E-state index contributed by atoms with van der Waals surface area (Å²) in [4.78, 5) is 21.7. The van der Waals surface area contributed by atoms with Crippen LogP contribution in [0, 0.1) is 11.8 Å². The minimum absolute atomic E-state index is 0.141. The number of fused-ring (bicyclic) bond motifs is 1. The molecule has 2 saturated heterocycles. The Morgan fingerprint density at radius 1 is 1.10 bits per heavy atom. The van der Waals surface area contributed by atoms with Gasteiger partial charge in [0, 0.05) is 38.1 Å². The molecule has 3 heterocycles. The van der Waals surface area contributed by atoms with E-state index in [1.165, 1.54) is 49.9 Å². The molecule has 4 atom stereocenters. The van der Waals surface area contributed by atoms with Gasteiger partial charge in [-0.25, -0.2) is 0 Å². The van der Waals surface area contributed by atoms with Crippen molar-refractivity contribution in [3.63, 3.8) is 0 Å². The number of amides is 1. The highest BCUT2D eigenvalue weighted by Gasteiger charge is 2.44. The second-order valence-corrected chi connectivity index (χ2v) is 9.58. The lowest BCUT2D eigenvalue weighted by Crippen LogP contribution is -2.30. The Morgan fingerprint density at radius 3 is 2.70 bits per heavy atom. The molecule has 2 aromatic rings. The van der Waals surface area contributed by atoms with E-state index in [1.807, 2.05) is 12.1 Å². The van der Waals surface area contributed by atoms with Crippen LogP contribution >= 0.6 is 0 Å². The Bertz CT molecular complexity index is 866. The predicted octanol–water partition coefficient (Wildman–Crippen LogP) is 4.37. The van der Waals surface area contributed by atoms with Crippen LogP contribution in [0.15, 0.2) is 48.8 Å². The van der Waals surface area contributed by atoms with Gasteiger partial charge in [-0.15, -0.1) is 0 Å². The molecule has 0 N–H and O–H groups in total. The van der Waals surface area contributed by atoms with Gasteiger partial charge in [0.1, 0.15) is 0 Å². The number of aromatic nitrogens is 1. The van der Waals surface area contributed by atoms with Crippen LogP contribution in [-0.2, 0) is 6.42 Å². The molecule has 2 aliphatic heterocycles. The number of pyridine rings is 1. The fraction of sp³-hybridized carbons (Fsp3) is 0.538. The minimum atomic E-state index is 0.141. The van der Waals surface area contributed by atoms with E-state index in [2.05, 4.69) is 46.0 Å². The lowest BCUT2D eigenvalue weighted by molar-refractivity contribution is 0.0779. The quantitative estimate of drug-likeness (QED) is 0.744. The van der Waals surface area contributed by atoms with E-state index in [4.69, 9.17) is 0 Å². The number of benzene rings is 1. The van der Waals surface area contributed by atoms with Crippen molar-refractivity contribution in [2.75, 3.05) is 26.2 Å². The van der Waals surface area contributed by atoms with Crippen LogP contribution in [0.5, 0.6) is 0 Å². The molecule has 5 rings (SSSR count). The topological polar surface area (TPSA) is 36.4 Å². The zero-order valence-electron chi connectivity index (χ0n) is 18.0. The van der Waals surface area contributed by atoms with Gasteiger partial charge in [0.05, 0.1) is 5.56 Å². The molecule has 158 valence electrons. The molecule has 3 aliphatic rings. The van der Waals surface area contributed by atoms with Gasteiger partial charge >= 0.3 is 0 Å². The van der Waals surface area contributed by atoms with Crippen molar-refractivity contribution in [1.82, 2.24) is 14.8 Å². The van der Waals surface area contributed by atoms with Gasteiger partial charge in [-0.1, -0.05) is 24.3 Å². The second-order valence-electron chi connectivity index (χ2n) is 9.58. The van der Waals surface area contributed by atoms with Gasteiger partial charge in [-0.05, 0) is 86.6 Å². The summed E-state index contributed by atoms with van der Waals surface area (Å²) < 4.78 is 0. The molecule has 3 fully saturated rings. The van der Waals surface area contributed by atoms with Crippen LogP contribution < -0.4 is 0 Å². The van der Waals surface area contributed by atoms with Crippen LogP contribution in [0.2, 0.25) is 0 Å². The van der Waals surface area contributed by atoms with Crippen molar-refractivity contribution in [3.8, 4) is 0 Å². The summed E-state index contributed by atoms with van der Waals surface area (Å²) >= 11 is 0. The first-order valence-corrected chi connectivity index (χ1v) is 11.7. The van der Waals surface area contributed by atoms with Crippen molar-refractivity contribution < 1.29 is 4.79 Å². The molecule has 4 unspecified atom stereocenters. The number of carbonyl (C=O) groups excluding carboxylic acids is 1. The molecule has 0 bridgehead atoms. The Kier molecular flexibility index (Phi) is 5.60. The average molecular weight is 404 g/mol. The van der Waals surface area contributed by atoms with Gasteiger partial charge in [-0.2, -0.15) is 0 Å². The molecule has 1 aliphatic carbocycles. The maximum atomic E-state index is 12.9. The van der Waals surface area contributed by atoms with E-state index in [0.29, 0.717) is 23.3 Å². The monoisotopic (exact) mass is 403 g/mol. The molecular weight excluding hydrogens is 370 g/mol. The first-order chi connectivity index (χ1) is 14.7. The lowest BCUT2D eigenvalue weighted by Gasteiger charge is -2.22. The van der Waals surface area contributed by atoms with Crippen LogP contribution in [0.3, 0.4) is 0 Å². The largest absolute Gasteiger partial charge is 0.338 e. The zero-order chi connectivity index (χ0) is 20.5. The number of hydrogen-bond acceptors (Lipinski definition) is 3. The number of likely N-dealkylation sites (tertiary alicyclic amines) is 2. The molecule has 4 nitrogen and oxygen atoms in total. The highest BCUT2D eigenvalue weighted by molar-refractivity contribution is 5.94. The van der Waals surface area contributed by atoms with Gasteiger partial charge in [0.2, 0.25) is 0 Å². The smallest absolute Gasteiger partial charge is 0.255 e. The average Bonchev–Trinajstić information content (AvgIpc) is 3.49. The standard InChI is InChI=1S/C26H33N3O/c1-19-4-3-14-28(19)15-12-20-6-8-21(9-7-20)24-11-10-23-17-29(18-25(23)24)26(30)22-5-2-13-27-16-22/h2,5-9,13,16,19,23-25H,3-4,10-12,14-15,17-18H2,1H3. The van der Waals surface area contributed by atoms with E-state index in [-0.39, 0.29) is 5.91 Å². The summed E-state index contributed by atoms with van der Waals surface area (Å²) in [5, 5.41) is 0. The Balaban J connectivity index is 1.21. The van der Waals surface area contributed by atoms with Crippen molar-refractivity contribution in [3.05, 3.63) is 65.5 Å². The highest BCUT2D eigenvalue weighted by Crippen LogP contribution is 2.47. The van der Waals surface area contributed by atoms with Gasteiger partial charge in [0.25, 0.3) is 5.91 Å². The fourth-order valence-electron chi connectivity index (χ4n) is 6.05. The Morgan fingerprint density at radius 2 is 1.97 bits per heavy atom. The predicted molar refractivity (Wildman–Crippen MR) is 120 cm³/mol. The summed E-state index contributed by atoms with van der Waals surface area (Å²) in [6.45, 7) is 6.59. The van der Waals surface area contributed by atoms with Crippen LogP contribution in [0.25, 0.3) is 0 Å². The van der Waals surface area contributed by atoms with Crippen LogP contribution in [0.4, 0.5) is 0 Å². The lowest BCUT2D eigenvalue weighted by atomic mass is 9.86. The normalized spacial score (nSPS) is 28.8. The van der Waals surface area contributed by atoms with Crippen LogP contribution in [-0.4, -0.2) is 52.9 Å². The van der Waals surface area contributed by atoms with Crippen molar-refractivity contribution in [2.24, 2.45) is 11.8 Å². The summed E-state index contributed by atoms with van der Waals surface area (Å²) in [6.07, 6.45) is 9.76. The number of carbonyl (C=O) groups is 1. The third-order valence-corrected chi connectivity index (χ3v) is 7.84. The van der Waals surface area contributed by atoms with Crippen molar-refractivity contribution in [2.45, 2.75) is 51.0 Å². The summed E-state index contributed by atoms with van der Waals surface area (Å²) in [7, 11) is 0.